The molecule has 47 heavy (non-hydrogen) atoms. The monoisotopic (exact) mass is 691 g/mol. The van der Waals surface area contributed by atoms with Crippen LogP contribution >= 0.6 is 23.2 Å². The van der Waals surface area contributed by atoms with E-state index in [9.17, 15) is 8.42 Å². The molecule has 246 valence electrons. The van der Waals surface area contributed by atoms with Crippen molar-refractivity contribution in [2.24, 2.45) is 0 Å². The lowest BCUT2D eigenvalue weighted by Gasteiger charge is -2.27. The van der Waals surface area contributed by atoms with Gasteiger partial charge >= 0.3 is 0 Å². The molecule has 0 bridgehead atoms. The number of sulfonamides is 1. The lowest BCUT2D eigenvalue weighted by Crippen LogP contribution is -2.37. The summed E-state index contributed by atoms with van der Waals surface area (Å²) in [6.07, 6.45) is 2.85. The fourth-order valence-corrected chi connectivity index (χ4v) is 7.13. The summed E-state index contributed by atoms with van der Waals surface area (Å²) in [7, 11) is -3.34. The van der Waals surface area contributed by atoms with Crippen molar-refractivity contribution in [3.63, 3.8) is 0 Å². The minimum absolute atomic E-state index is 0.301. The van der Waals surface area contributed by atoms with Gasteiger partial charge in [0, 0.05) is 91.7 Å². The molecule has 6 rings (SSSR count). The van der Waals surface area contributed by atoms with Gasteiger partial charge < -0.3 is 10.1 Å². The van der Waals surface area contributed by atoms with Crippen LogP contribution in [0.1, 0.15) is 39.9 Å². The predicted octanol–water partition coefficient (Wildman–Crippen LogP) is 5.59. The molecule has 8 nitrogen and oxygen atoms in total. The Morgan fingerprint density at radius 1 is 0.915 bits per heavy atom. The highest BCUT2D eigenvalue weighted by atomic mass is 35.5. The summed E-state index contributed by atoms with van der Waals surface area (Å²) in [5.41, 5.74) is 7.60. The molecule has 3 aromatic carbocycles. The Labute approximate surface area is 287 Å². The van der Waals surface area contributed by atoms with Crippen LogP contribution < -0.4 is 5.32 Å². The fraction of sp³-hybridized carbons (Fsp3) is 0.361. The predicted molar refractivity (Wildman–Crippen MR) is 188 cm³/mol. The van der Waals surface area contributed by atoms with E-state index < -0.39 is 10.0 Å². The summed E-state index contributed by atoms with van der Waals surface area (Å²) < 4.78 is 34.1. The SMILES string of the molecule is CS(=O)(=O)N1CCc2c(c(-c3ccc(Cl)c(C#Cc4cccc(CNCc5ccc(Cl)cc5)c4)c3)nn2CCCN2CCOCC2)C1. The zero-order chi connectivity index (χ0) is 32.8. The highest BCUT2D eigenvalue weighted by Gasteiger charge is 2.30. The van der Waals surface area contributed by atoms with Crippen LogP contribution in [0.25, 0.3) is 11.3 Å². The van der Waals surface area contributed by atoms with Gasteiger partial charge in [0.15, 0.2) is 0 Å². The lowest BCUT2D eigenvalue weighted by molar-refractivity contribution is 0.0368. The topological polar surface area (TPSA) is 79.7 Å². The number of rotatable bonds is 10. The number of fused-ring (bicyclic) bond motifs is 1. The highest BCUT2D eigenvalue weighted by molar-refractivity contribution is 7.88. The van der Waals surface area contributed by atoms with E-state index in [2.05, 4.69) is 38.9 Å². The van der Waals surface area contributed by atoms with Crippen LogP contribution in [0.15, 0.2) is 66.7 Å². The molecule has 1 aromatic heterocycles. The molecule has 0 atom stereocenters. The first kappa shape index (κ1) is 33.7. The molecule has 2 aliphatic rings. The molecule has 0 radical (unpaired) electrons. The number of nitrogens with zero attached hydrogens (tertiary/aromatic N) is 4. The van der Waals surface area contributed by atoms with Gasteiger partial charge in [0.05, 0.1) is 30.2 Å². The molecule has 4 aromatic rings. The van der Waals surface area contributed by atoms with Crippen LogP contribution in [0.3, 0.4) is 0 Å². The van der Waals surface area contributed by atoms with E-state index >= 15 is 0 Å². The molecule has 0 aliphatic carbocycles. The molecule has 1 N–H and O–H groups in total. The second-order valence-electron chi connectivity index (χ2n) is 12.0. The third kappa shape index (κ3) is 8.84. The fourth-order valence-electron chi connectivity index (χ4n) is 6.06. The van der Waals surface area contributed by atoms with Crippen molar-refractivity contribution in [3.8, 4) is 23.1 Å². The van der Waals surface area contributed by atoms with Gasteiger partial charge in [-0.25, -0.2) is 8.42 Å². The zero-order valence-electron chi connectivity index (χ0n) is 26.5. The minimum Gasteiger partial charge on any atom is -0.379 e. The maximum absolute atomic E-state index is 12.5. The minimum atomic E-state index is -3.34. The Hall–Kier alpha value is -3.20. The number of aromatic nitrogens is 2. The van der Waals surface area contributed by atoms with Gasteiger partial charge in [-0.15, -0.1) is 0 Å². The number of morpholine rings is 1. The van der Waals surface area contributed by atoms with Crippen molar-refractivity contribution in [1.29, 1.82) is 0 Å². The third-order valence-electron chi connectivity index (χ3n) is 8.60. The second-order valence-corrected chi connectivity index (χ2v) is 14.9. The molecule has 0 amide bonds. The average Bonchev–Trinajstić information content (AvgIpc) is 3.43. The molecule has 1 saturated heterocycles. The van der Waals surface area contributed by atoms with Crippen molar-refractivity contribution in [2.45, 2.75) is 39.0 Å². The number of benzene rings is 3. The largest absolute Gasteiger partial charge is 0.379 e. The van der Waals surface area contributed by atoms with Crippen LogP contribution in [0.4, 0.5) is 0 Å². The van der Waals surface area contributed by atoms with Crippen molar-refractivity contribution >= 4 is 33.2 Å². The van der Waals surface area contributed by atoms with E-state index in [-0.39, 0.29) is 0 Å². The number of aryl methyl sites for hydroxylation is 1. The van der Waals surface area contributed by atoms with Crippen molar-refractivity contribution < 1.29 is 13.2 Å². The van der Waals surface area contributed by atoms with Gasteiger partial charge in [0.25, 0.3) is 0 Å². The van der Waals surface area contributed by atoms with Crippen molar-refractivity contribution in [2.75, 3.05) is 45.6 Å². The van der Waals surface area contributed by atoms with E-state index in [0.717, 1.165) is 91.0 Å². The molecule has 0 spiro atoms. The van der Waals surface area contributed by atoms with Crippen LogP contribution in [-0.4, -0.2) is 73.1 Å². The highest BCUT2D eigenvalue weighted by Crippen LogP contribution is 2.33. The number of halogens is 2. The van der Waals surface area contributed by atoms with E-state index in [0.29, 0.717) is 36.6 Å². The van der Waals surface area contributed by atoms with Gasteiger partial charge in [-0.1, -0.05) is 65.4 Å². The maximum atomic E-state index is 12.5. The Kier molecular flexibility index (Phi) is 11.0. The number of ether oxygens (including phenoxy) is 1. The summed E-state index contributed by atoms with van der Waals surface area (Å²) in [6, 6.07) is 21.7. The average molecular weight is 693 g/mol. The molecular weight excluding hydrogens is 653 g/mol. The van der Waals surface area contributed by atoms with Crippen LogP contribution in [0, 0.1) is 11.8 Å². The second kappa shape index (κ2) is 15.3. The number of hydrogen-bond acceptors (Lipinski definition) is 6. The van der Waals surface area contributed by atoms with Gasteiger partial charge in [0.2, 0.25) is 10.0 Å². The molecule has 2 aliphatic heterocycles. The molecule has 11 heteroatoms. The zero-order valence-corrected chi connectivity index (χ0v) is 28.8. The first-order valence-corrected chi connectivity index (χ1v) is 18.5. The van der Waals surface area contributed by atoms with Gasteiger partial charge in [-0.05, 0) is 53.9 Å². The smallest absolute Gasteiger partial charge is 0.211 e. The quantitative estimate of drug-likeness (QED) is 0.219. The normalized spacial score (nSPS) is 15.6. The van der Waals surface area contributed by atoms with E-state index in [4.69, 9.17) is 33.0 Å². The van der Waals surface area contributed by atoms with Crippen LogP contribution in [-0.2, 0) is 47.4 Å². The van der Waals surface area contributed by atoms with E-state index in [1.807, 2.05) is 54.6 Å². The Morgan fingerprint density at radius 2 is 1.70 bits per heavy atom. The molecule has 0 saturated carbocycles. The standard InChI is InChI=1S/C36H39Cl2N5O3S/c1-47(44,45)42-17-14-35-33(26-42)36(40-43(35)16-3-15-41-18-20-46-21-19-41)31-10-13-34(38)30(23-31)9-6-27-4-2-5-29(22-27)25-39-24-28-7-11-32(37)12-8-28/h2,4-5,7-8,10-13,22-23,39H,3,14-21,24-26H2,1H3. The maximum Gasteiger partial charge on any atom is 0.211 e. The third-order valence-corrected chi connectivity index (χ3v) is 10.4. The first-order valence-electron chi connectivity index (χ1n) is 15.9. The van der Waals surface area contributed by atoms with Crippen LogP contribution in [0.2, 0.25) is 10.0 Å². The van der Waals surface area contributed by atoms with Gasteiger partial charge in [-0.3, -0.25) is 9.58 Å². The summed E-state index contributed by atoms with van der Waals surface area (Å²) in [5.74, 6) is 6.56. The molecule has 3 heterocycles. The van der Waals surface area contributed by atoms with Gasteiger partial charge in [0.1, 0.15) is 0 Å². The summed E-state index contributed by atoms with van der Waals surface area (Å²) >= 11 is 12.6. The van der Waals surface area contributed by atoms with E-state index in [1.165, 1.54) is 16.1 Å². The van der Waals surface area contributed by atoms with Crippen molar-refractivity contribution in [1.82, 2.24) is 24.3 Å². The van der Waals surface area contributed by atoms with Crippen molar-refractivity contribution in [3.05, 3.63) is 110 Å². The molecule has 0 unspecified atom stereocenters. The summed E-state index contributed by atoms with van der Waals surface area (Å²) in [4.78, 5) is 2.42. The Bertz CT molecular complexity index is 1880. The Balaban J connectivity index is 1.21. The number of nitrogens with one attached hydrogen (secondary N) is 1. The van der Waals surface area contributed by atoms with Gasteiger partial charge in [-0.2, -0.15) is 9.40 Å². The Morgan fingerprint density at radius 3 is 2.49 bits per heavy atom. The van der Waals surface area contributed by atoms with Crippen LogP contribution in [0.5, 0.6) is 0 Å². The lowest BCUT2D eigenvalue weighted by atomic mass is 10.0. The molecule has 1 fully saturated rings. The summed E-state index contributed by atoms with van der Waals surface area (Å²) in [5, 5.41) is 9.82. The molecular formula is C36H39Cl2N5O3S. The van der Waals surface area contributed by atoms with E-state index in [1.54, 1.807) is 0 Å². The summed E-state index contributed by atoms with van der Waals surface area (Å²) in [6.45, 7) is 7.40. The first-order chi connectivity index (χ1) is 22.7. The number of hydrogen-bond donors (Lipinski definition) is 1.